The smallest absolute Gasteiger partial charge is 0.265 e. The normalized spacial score (nSPS) is 11.5. The summed E-state index contributed by atoms with van der Waals surface area (Å²) in [6.07, 6.45) is 3.15. The topological polar surface area (TPSA) is 101 Å². The zero-order valence-electron chi connectivity index (χ0n) is 19.5. The largest absolute Gasteiger partial charge is 0.497 e. The van der Waals surface area contributed by atoms with Gasteiger partial charge in [0.15, 0.2) is 5.13 Å². The molecule has 0 radical (unpaired) electrons. The predicted molar refractivity (Wildman–Crippen MR) is 142 cm³/mol. The van der Waals surface area contributed by atoms with Gasteiger partial charge >= 0.3 is 0 Å². The second kappa shape index (κ2) is 9.56. The van der Waals surface area contributed by atoms with Crippen molar-refractivity contribution < 1.29 is 17.9 Å². The minimum atomic E-state index is -4.13. The number of aryl methyl sites for hydroxylation is 1. The second-order valence-corrected chi connectivity index (χ2v) is 11.0. The highest BCUT2D eigenvalue weighted by Crippen LogP contribution is 2.31. The highest BCUT2D eigenvalue weighted by Gasteiger charge is 2.29. The van der Waals surface area contributed by atoms with Crippen molar-refractivity contribution in [3.05, 3.63) is 84.7 Å². The number of thiazole rings is 1. The Labute approximate surface area is 212 Å². The van der Waals surface area contributed by atoms with Crippen molar-refractivity contribution in [1.82, 2.24) is 9.97 Å². The number of benzene rings is 3. The number of amides is 1. The monoisotopic (exact) mass is 518 g/mol. The average Bonchev–Trinajstić information content (AvgIpc) is 3.28. The Morgan fingerprint density at radius 2 is 1.89 bits per heavy atom. The number of fused-ring (bicyclic) bond motifs is 2. The molecule has 1 N–H and O–H groups in total. The molecule has 36 heavy (non-hydrogen) atoms. The Morgan fingerprint density at radius 1 is 1.08 bits per heavy atom. The van der Waals surface area contributed by atoms with Crippen LogP contribution in [0.1, 0.15) is 5.56 Å². The van der Waals surface area contributed by atoms with Crippen molar-refractivity contribution in [3.63, 3.8) is 0 Å². The van der Waals surface area contributed by atoms with E-state index in [9.17, 15) is 13.2 Å². The summed E-state index contributed by atoms with van der Waals surface area (Å²) < 4.78 is 35.1. The average molecular weight is 519 g/mol. The number of ether oxygens (including phenoxy) is 1. The van der Waals surface area contributed by atoms with Crippen LogP contribution in [0.15, 0.2) is 84.0 Å². The number of nitrogens with one attached hydrogen (secondary N) is 1. The SMILES string of the molecule is COc1ccc(N(CC(=O)Nc2nc3ccc(C)cc3s2)S(=O)(=O)c2cccc3cnccc23)cc1. The number of rotatable bonds is 7. The van der Waals surface area contributed by atoms with Gasteiger partial charge in [0.05, 0.1) is 27.9 Å². The number of carbonyl (C=O) groups is 1. The lowest BCUT2D eigenvalue weighted by molar-refractivity contribution is -0.114. The molecule has 182 valence electrons. The van der Waals surface area contributed by atoms with Gasteiger partial charge in [-0.2, -0.15) is 0 Å². The van der Waals surface area contributed by atoms with Crippen LogP contribution in [-0.4, -0.2) is 37.9 Å². The number of carbonyl (C=O) groups excluding carboxylic acids is 1. The molecule has 2 aromatic heterocycles. The molecule has 0 saturated heterocycles. The number of pyridine rings is 1. The first-order chi connectivity index (χ1) is 17.3. The van der Waals surface area contributed by atoms with Crippen LogP contribution in [0, 0.1) is 6.92 Å². The number of sulfonamides is 1. The van der Waals surface area contributed by atoms with E-state index in [-0.39, 0.29) is 4.90 Å². The van der Waals surface area contributed by atoms with Crippen LogP contribution in [0.25, 0.3) is 21.0 Å². The molecule has 0 aliphatic rings. The van der Waals surface area contributed by atoms with Gasteiger partial charge < -0.3 is 10.1 Å². The Balaban J connectivity index is 1.51. The van der Waals surface area contributed by atoms with E-state index in [0.29, 0.717) is 27.3 Å². The number of aromatic nitrogens is 2. The van der Waals surface area contributed by atoms with Gasteiger partial charge in [0.25, 0.3) is 10.0 Å². The highest BCUT2D eigenvalue weighted by atomic mass is 32.2. The minimum absolute atomic E-state index is 0.0847. The quantitative estimate of drug-likeness (QED) is 0.326. The van der Waals surface area contributed by atoms with Gasteiger partial charge in [-0.25, -0.2) is 13.4 Å². The standard InChI is InChI=1S/C26H22N4O4S2/c1-17-6-11-22-23(14-17)35-26(28-22)29-25(31)16-30(19-7-9-20(34-2)10-8-19)36(32,33)24-5-3-4-18-15-27-13-12-21(18)24/h3-15H,16H2,1-2H3,(H,28,29,31). The zero-order chi connectivity index (χ0) is 25.3. The third-order valence-corrected chi connectivity index (χ3v) is 8.41. The molecule has 0 saturated carbocycles. The number of nitrogens with zero attached hydrogens (tertiary/aromatic N) is 3. The maximum absolute atomic E-state index is 13.9. The maximum atomic E-state index is 13.9. The minimum Gasteiger partial charge on any atom is -0.497 e. The lowest BCUT2D eigenvalue weighted by Gasteiger charge is -2.24. The molecule has 0 aliphatic carbocycles. The molecule has 8 nitrogen and oxygen atoms in total. The molecule has 1 amide bonds. The van der Waals surface area contributed by atoms with Crippen molar-refractivity contribution in [2.45, 2.75) is 11.8 Å². The van der Waals surface area contributed by atoms with E-state index in [1.807, 2.05) is 25.1 Å². The third-order valence-electron chi connectivity index (χ3n) is 5.65. The van der Waals surface area contributed by atoms with Gasteiger partial charge in [0, 0.05) is 23.2 Å². The van der Waals surface area contributed by atoms with Crippen molar-refractivity contribution >= 4 is 59.1 Å². The van der Waals surface area contributed by atoms with Crippen LogP contribution < -0.4 is 14.4 Å². The molecule has 2 heterocycles. The zero-order valence-corrected chi connectivity index (χ0v) is 21.1. The Hall–Kier alpha value is -4.02. The number of hydrogen-bond acceptors (Lipinski definition) is 7. The van der Waals surface area contributed by atoms with E-state index in [1.54, 1.807) is 54.9 Å². The van der Waals surface area contributed by atoms with E-state index in [4.69, 9.17) is 4.74 Å². The molecule has 0 unspecified atom stereocenters. The number of methoxy groups -OCH3 is 1. The van der Waals surface area contributed by atoms with Gasteiger partial charge in [0.1, 0.15) is 12.3 Å². The van der Waals surface area contributed by atoms with Gasteiger partial charge in [-0.05, 0) is 61.0 Å². The lowest BCUT2D eigenvalue weighted by Crippen LogP contribution is -2.38. The Morgan fingerprint density at radius 3 is 2.67 bits per heavy atom. The molecule has 0 atom stereocenters. The number of anilines is 2. The summed E-state index contributed by atoms with van der Waals surface area (Å²) in [5.74, 6) is 0.0635. The summed E-state index contributed by atoms with van der Waals surface area (Å²) in [7, 11) is -2.60. The van der Waals surface area contributed by atoms with Gasteiger partial charge in [-0.15, -0.1) is 0 Å². The van der Waals surface area contributed by atoms with Crippen LogP contribution in [0.4, 0.5) is 10.8 Å². The summed E-state index contributed by atoms with van der Waals surface area (Å²) in [4.78, 5) is 21.7. The molecule has 5 aromatic rings. The van der Waals surface area contributed by atoms with Crippen molar-refractivity contribution in [3.8, 4) is 5.75 Å². The van der Waals surface area contributed by atoms with Crippen molar-refractivity contribution in [2.24, 2.45) is 0 Å². The van der Waals surface area contributed by atoms with Crippen molar-refractivity contribution in [2.75, 3.05) is 23.3 Å². The van der Waals surface area contributed by atoms with Crippen LogP contribution in [0.2, 0.25) is 0 Å². The number of hydrogen-bond donors (Lipinski definition) is 1. The fourth-order valence-corrected chi connectivity index (χ4v) is 6.49. The molecule has 3 aromatic carbocycles. The highest BCUT2D eigenvalue weighted by molar-refractivity contribution is 7.93. The van der Waals surface area contributed by atoms with Crippen LogP contribution in [0.3, 0.4) is 0 Å². The predicted octanol–water partition coefficient (Wildman–Crippen LogP) is 5.00. The van der Waals surface area contributed by atoms with Gasteiger partial charge in [-0.1, -0.05) is 29.5 Å². The summed E-state index contributed by atoms with van der Waals surface area (Å²) in [5, 5.41) is 4.37. The first kappa shape index (κ1) is 23.7. The summed E-state index contributed by atoms with van der Waals surface area (Å²) in [5.41, 5.74) is 2.19. The molecule has 0 fully saturated rings. The third kappa shape index (κ3) is 4.60. The summed E-state index contributed by atoms with van der Waals surface area (Å²) in [6, 6.07) is 19.0. The fourth-order valence-electron chi connectivity index (χ4n) is 3.87. The van der Waals surface area contributed by atoms with E-state index in [0.717, 1.165) is 20.1 Å². The molecular weight excluding hydrogens is 496 g/mol. The van der Waals surface area contributed by atoms with Crippen LogP contribution >= 0.6 is 11.3 Å². The van der Waals surface area contributed by atoms with Crippen LogP contribution in [-0.2, 0) is 14.8 Å². The summed E-state index contributed by atoms with van der Waals surface area (Å²) >= 11 is 1.34. The molecule has 0 spiro atoms. The Bertz CT molecular complexity index is 1680. The first-order valence-corrected chi connectivity index (χ1v) is 13.3. The first-order valence-electron chi connectivity index (χ1n) is 11.0. The molecule has 5 rings (SSSR count). The van der Waals surface area contributed by atoms with Crippen LogP contribution in [0.5, 0.6) is 5.75 Å². The molecular formula is C26H22N4O4S2. The molecule has 0 aliphatic heterocycles. The summed E-state index contributed by atoms with van der Waals surface area (Å²) in [6.45, 7) is 1.55. The van der Waals surface area contributed by atoms with Gasteiger partial charge in [0.2, 0.25) is 5.91 Å². The maximum Gasteiger partial charge on any atom is 0.265 e. The van der Waals surface area contributed by atoms with Gasteiger partial charge in [-0.3, -0.25) is 14.1 Å². The van der Waals surface area contributed by atoms with E-state index in [1.165, 1.54) is 24.5 Å². The van der Waals surface area contributed by atoms with E-state index in [2.05, 4.69) is 15.3 Å². The lowest BCUT2D eigenvalue weighted by atomic mass is 10.2. The Kier molecular flexibility index (Phi) is 6.29. The van der Waals surface area contributed by atoms with E-state index < -0.39 is 22.5 Å². The molecule has 0 bridgehead atoms. The van der Waals surface area contributed by atoms with Crippen molar-refractivity contribution in [1.29, 1.82) is 0 Å². The molecule has 10 heteroatoms. The fraction of sp³-hybridized carbons (Fsp3) is 0.115. The second-order valence-electron chi connectivity index (χ2n) is 8.10. The van der Waals surface area contributed by atoms with E-state index >= 15 is 0 Å².